The molecule has 2 aliphatic heterocycles. The standard InChI is InChI=1S/C24H30O6/c1-21-7-4-14(25)10-13(21)11-15(20(27)28-3)19-16-5-8-23(9-6-18(26)30-23)22(16,2)12-17-24(19,21)29-17/h11,15-17,19H,4-10,12H2,1-3H3/t15?,16?,17?,19?,21?,22?,23-,24?/m1/s1. The minimum Gasteiger partial charge on any atom is -0.469 e. The minimum absolute atomic E-state index is 0.00525. The van der Waals surface area contributed by atoms with Crippen molar-refractivity contribution in [2.75, 3.05) is 7.11 Å². The number of methoxy groups -OCH3 is 1. The largest absolute Gasteiger partial charge is 0.469 e. The highest BCUT2D eigenvalue weighted by Crippen LogP contribution is 2.77. The Kier molecular flexibility index (Phi) is 3.53. The quantitative estimate of drug-likeness (QED) is 0.372. The fourth-order valence-corrected chi connectivity index (χ4v) is 8.59. The fraction of sp³-hybridized carbons (Fsp3) is 0.792. The van der Waals surface area contributed by atoms with E-state index in [9.17, 15) is 14.4 Å². The molecule has 5 fully saturated rings. The van der Waals surface area contributed by atoms with Gasteiger partial charge in [-0.2, -0.15) is 0 Å². The van der Waals surface area contributed by atoms with Crippen molar-refractivity contribution in [3.05, 3.63) is 11.6 Å². The van der Waals surface area contributed by atoms with Crippen molar-refractivity contribution in [2.24, 2.45) is 28.6 Å². The normalized spacial score (nSPS) is 53.2. The van der Waals surface area contributed by atoms with Gasteiger partial charge in [0.25, 0.3) is 0 Å². The van der Waals surface area contributed by atoms with Gasteiger partial charge in [-0.3, -0.25) is 14.4 Å². The van der Waals surface area contributed by atoms with Crippen molar-refractivity contribution in [3.63, 3.8) is 0 Å². The molecule has 6 rings (SSSR count). The van der Waals surface area contributed by atoms with Gasteiger partial charge in [-0.25, -0.2) is 0 Å². The zero-order valence-electron chi connectivity index (χ0n) is 18.0. The van der Waals surface area contributed by atoms with Crippen LogP contribution in [0, 0.1) is 28.6 Å². The number of carbonyl (C=O) groups excluding carboxylic acids is 3. The molecule has 0 bridgehead atoms. The van der Waals surface area contributed by atoms with E-state index >= 15 is 0 Å². The molecule has 3 saturated carbocycles. The SMILES string of the molecule is COC(=O)C1C=C2CC(=O)CCC2(C)C23OC2CC2(C)C(CC[C@@]24CCC(=O)O4)C13. The minimum atomic E-state index is -0.430. The topological polar surface area (TPSA) is 82.2 Å². The van der Waals surface area contributed by atoms with Crippen LogP contribution in [-0.4, -0.2) is 42.1 Å². The van der Waals surface area contributed by atoms with Crippen LogP contribution in [-0.2, 0) is 28.6 Å². The summed E-state index contributed by atoms with van der Waals surface area (Å²) in [5.74, 6) is -0.292. The van der Waals surface area contributed by atoms with E-state index in [0.717, 1.165) is 37.7 Å². The molecule has 0 N–H and O–H groups in total. The number of esters is 2. The molecule has 2 spiro atoms. The van der Waals surface area contributed by atoms with Crippen LogP contribution in [0.5, 0.6) is 0 Å². The number of ether oxygens (including phenoxy) is 3. The molecule has 8 atom stereocenters. The van der Waals surface area contributed by atoms with E-state index in [-0.39, 0.29) is 46.5 Å². The first kappa shape index (κ1) is 19.0. The molecule has 0 amide bonds. The Bertz CT molecular complexity index is 907. The summed E-state index contributed by atoms with van der Waals surface area (Å²) in [4.78, 5) is 37.4. The van der Waals surface area contributed by atoms with Gasteiger partial charge in [-0.05, 0) is 38.0 Å². The molecule has 2 saturated heterocycles. The first-order chi connectivity index (χ1) is 14.2. The molecule has 4 aliphatic carbocycles. The van der Waals surface area contributed by atoms with E-state index in [2.05, 4.69) is 19.9 Å². The fourth-order valence-electron chi connectivity index (χ4n) is 8.59. The van der Waals surface area contributed by atoms with Crippen molar-refractivity contribution in [1.29, 1.82) is 0 Å². The van der Waals surface area contributed by atoms with Gasteiger partial charge >= 0.3 is 11.9 Å². The van der Waals surface area contributed by atoms with Crippen molar-refractivity contribution >= 4 is 17.7 Å². The lowest BCUT2D eigenvalue weighted by molar-refractivity contribution is -0.169. The average Bonchev–Trinajstić information content (AvgIpc) is 3.20. The first-order valence-corrected chi connectivity index (χ1v) is 11.4. The number of rotatable bonds is 1. The molecule has 6 nitrogen and oxygen atoms in total. The van der Waals surface area contributed by atoms with E-state index in [1.807, 2.05) is 0 Å². The summed E-state index contributed by atoms with van der Waals surface area (Å²) in [7, 11) is 1.44. The molecule has 6 heteroatoms. The van der Waals surface area contributed by atoms with Crippen molar-refractivity contribution in [2.45, 2.75) is 82.5 Å². The third kappa shape index (κ3) is 1.94. The van der Waals surface area contributed by atoms with E-state index in [1.165, 1.54) is 7.11 Å². The van der Waals surface area contributed by atoms with E-state index in [0.29, 0.717) is 19.3 Å². The van der Waals surface area contributed by atoms with Crippen LogP contribution in [0.1, 0.15) is 65.2 Å². The molecular weight excluding hydrogens is 384 g/mol. The number of hydrogen-bond acceptors (Lipinski definition) is 6. The molecule has 6 aliphatic rings. The summed E-state index contributed by atoms with van der Waals surface area (Å²) in [5.41, 5.74) is -0.191. The maximum absolute atomic E-state index is 13.0. The van der Waals surface area contributed by atoms with Crippen LogP contribution in [0.2, 0.25) is 0 Å². The molecular formula is C24H30O6. The van der Waals surface area contributed by atoms with Gasteiger partial charge in [0, 0.05) is 36.0 Å². The Balaban J connectivity index is 1.50. The number of carbonyl (C=O) groups is 3. The van der Waals surface area contributed by atoms with Crippen LogP contribution in [0.25, 0.3) is 0 Å². The van der Waals surface area contributed by atoms with Crippen molar-refractivity contribution in [1.82, 2.24) is 0 Å². The van der Waals surface area contributed by atoms with Gasteiger partial charge in [0.1, 0.15) is 17.0 Å². The Labute approximate surface area is 176 Å². The predicted molar refractivity (Wildman–Crippen MR) is 105 cm³/mol. The Morgan fingerprint density at radius 2 is 1.97 bits per heavy atom. The average molecular weight is 414 g/mol. The number of ketones is 1. The third-order valence-electron chi connectivity index (χ3n) is 10.2. The third-order valence-corrected chi connectivity index (χ3v) is 10.2. The number of hydrogen-bond donors (Lipinski definition) is 0. The molecule has 0 aromatic carbocycles. The number of fused-ring (bicyclic) bond motifs is 4. The smallest absolute Gasteiger partial charge is 0.312 e. The van der Waals surface area contributed by atoms with Gasteiger partial charge in [0.05, 0.1) is 19.1 Å². The second-order valence-electron chi connectivity index (χ2n) is 10.9. The zero-order chi connectivity index (χ0) is 21.1. The van der Waals surface area contributed by atoms with Crippen LogP contribution in [0.4, 0.5) is 0 Å². The van der Waals surface area contributed by atoms with Gasteiger partial charge in [-0.15, -0.1) is 0 Å². The molecule has 2 heterocycles. The summed E-state index contributed by atoms with van der Waals surface area (Å²) < 4.78 is 17.9. The monoisotopic (exact) mass is 414 g/mol. The number of epoxide rings is 1. The summed E-state index contributed by atoms with van der Waals surface area (Å²) in [6, 6.07) is 0. The summed E-state index contributed by atoms with van der Waals surface area (Å²) in [5, 5.41) is 0. The molecule has 0 aromatic heterocycles. The summed E-state index contributed by atoms with van der Waals surface area (Å²) >= 11 is 0. The molecule has 0 aromatic rings. The van der Waals surface area contributed by atoms with Crippen LogP contribution in [0.15, 0.2) is 11.6 Å². The lowest BCUT2D eigenvalue weighted by atomic mass is 9.44. The maximum Gasteiger partial charge on any atom is 0.312 e. The highest BCUT2D eigenvalue weighted by molar-refractivity contribution is 5.84. The number of Topliss-reactive ketones (excluding diaryl/α,β-unsaturated/α-hetero) is 1. The van der Waals surface area contributed by atoms with Crippen LogP contribution >= 0.6 is 0 Å². The highest BCUT2D eigenvalue weighted by Gasteiger charge is 2.83. The van der Waals surface area contributed by atoms with E-state index < -0.39 is 17.1 Å². The second-order valence-corrected chi connectivity index (χ2v) is 10.9. The van der Waals surface area contributed by atoms with Gasteiger partial charge in [0.15, 0.2) is 0 Å². The lowest BCUT2D eigenvalue weighted by Gasteiger charge is -2.57. The van der Waals surface area contributed by atoms with E-state index in [4.69, 9.17) is 14.2 Å². The lowest BCUT2D eigenvalue weighted by Crippen LogP contribution is -2.62. The molecule has 30 heavy (non-hydrogen) atoms. The van der Waals surface area contributed by atoms with E-state index in [1.54, 1.807) is 0 Å². The highest BCUT2D eigenvalue weighted by atomic mass is 16.6. The maximum atomic E-state index is 13.0. The molecule has 0 radical (unpaired) electrons. The van der Waals surface area contributed by atoms with Gasteiger partial charge in [-0.1, -0.05) is 25.5 Å². The van der Waals surface area contributed by atoms with Gasteiger partial charge in [0.2, 0.25) is 0 Å². The predicted octanol–water partition coefficient (Wildman–Crippen LogP) is 3.12. The Morgan fingerprint density at radius 1 is 1.17 bits per heavy atom. The Hall–Kier alpha value is -1.69. The van der Waals surface area contributed by atoms with Gasteiger partial charge < -0.3 is 14.2 Å². The second kappa shape index (κ2) is 5.56. The van der Waals surface area contributed by atoms with Crippen molar-refractivity contribution < 1.29 is 28.6 Å². The van der Waals surface area contributed by atoms with Crippen LogP contribution in [0.3, 0.4) is 0 Å². The molecule has 162 valence electrons. The van der Waals surface area contributed by atoms with Crippen LogP contribution < -0.4 is 0 Å². The Morgan fingerprint density at radius 3 is 2.67 bits per heavy atom. The first-order valence-electron chi connectivity index (χ1n) is 11.4. The molecule has 7 unspecified atom stereocenters. The summed E-state index contributed by atoms with van der Waals surface area (Å²) in [6.07, 6.45) is 7.74. The summed E-state index contributed by atoms with van der Waals surface area (Å²) in [6.45, 7) is 4.50. The zero-order valence-corrected chi connectivity index (χ0v) is 18.0. The van der Waals surface area contributed by atoms with Crippen molar-refractivity contribution in [3.8, 4) is 0 Å².